The summed E-state index contributed by atoms with van der Waals surface area (Å²) in [4.78, 5) is 30.3. The highest BCUT2D eigenvalue weighted by Gasteiger charge is 2.35. The number of ether oxygens (including phenoxy) is 1. The largest absolute Gasteiger partial charge is 0.497 e. The molecular formula is C36H38BrN3O5S. The first-order valence-corrected chi connectivity index (χ1v) is 17.6. The Morgan fingerprint density at radius 2 is 1.50 bits per heavy atom. The molecule has 240 valence electrons. The van der Waals surface area contributed by atoms with Gasteiger partial charge in [-0.2, -0.15) is 0 Å². The number of hydrogen-bond acceptors (Lipinski definition) is 5. The van der Waals surface area contributed by atoms with Crippen LogP contribution >= 0.6 is 15.9 Å². The molecule has 0 bridgehead atoms. The molecule has 4 aromatic rings. The Labute approximate surface area is 279 Å². The smallest absolute Gasteiger partial charge is 0.264 e. The molecule has 1 N–H and O–H groups in total. The van der Waals surface area contributed by atoms with E-state index in [1.165, 1.54) is 17.0 Å². The first kappa shape index (κ1) is 33.2. The van der Waals surface area contributed by atoms with E-state index in [2.05, 4.69) is 21.2 Å². The second-order valence-corrected chi connectivity index (χ2v) is 14.1. The van der Waals surface area contributed by atoms with Gasteiger partial charge in [0.25, 0.3) is 10.0 Å². The van der Waals surface area contributed by atoms with Crippen LogP contribution in [-0.2, 0) is 32.6 Å². The second-order valence-electron chi connectivity index (χ2n) is 11.4. The summed E-state index contributed by atoms with van der Waals surface area (Å²) in [6.45, 7) is -0.435. The number of nitrogens with one attached hydrogen (secondary N) is 1. The average molecular weight is 705 g/mol. The highest BCUT2D eigenvalue weighted by atomic mass is 79.9. The molecule has 5 rings (SSSR count). The zero-order valence-electron chi connectivity index (χ0n) is 25.7. The van der Waals surface area contributed by atoms with E-state index in [-0.39, 0.29) is 29.8 Å². The van der Waals surface area contributed by atoms with Crippen molar-refractivity contribution in [1.29, 1.82) is 0 Å². The maximum Gasteiger partial charge on any atom is 0.264 e. The van der Waals surface area contributed by atoms with Gasteiger partial charge < -0.3 is 15.0 Å². The van der Waals surface area contributed by atoms with Gasteiger partial charge in [-0.05, 0) is 72.5 Å². The van der Waals surface area contributed by atoms with Crippen molar-refractivity contribution in [3.05, 3.63) is 125 Å². The van der Waals surface area contributed by atoms with Gasteiger partial charge in [0.2, 0.25) is 11.8 Å². The van der Waals surface area contributed by atoms with Crippen LogP contribution in [0.1, 0.15) is 36.8 Å². The molecule has 0 spiro atoms. The SMILES string of the molecule is COc1cccc(CN(C(=O)CN(c2ccc(Br)cc2)S(=O)(=O)c2ccccc2)[C@@H](Cc2ccccc2)C(=O)NC2CCCC2)c1. The monoisotopic (exact) mass is 703 g/mol. The zero-order valence-corrected chi connectivity index (χ0v) is 28.1. The van der Waals surface area contributed by atoms with Crippen LogP contribution in [0.3, 0.4) is 0 Å². The number of hydrogen-bond donors (Lipinski definition) is 1. The summed E-state index contributed by atoms with van der Waals surface area (Å²) >= 11 is 3.42. The Balaban J connectivity index is 1.56. The molecule has 4 aromatic carbocycles. The quantitative estimate of drug-likeness (QED) is 0.175. The number of rotatable bonds is 13. The molecule has 0 heterocycles. The normalized spacial score (nSPS) is 14.0. The maximum absolute atomic E-state index is 14.6. The lowest BCUT2D eigenvalue weighted by Crippen LogP contribution is -2.54. The number of carbonyl (C=O) groups excluding carboxylic acids is 2. The van der Waals surface area contributed by atoms with Crippen molar-refractivity contribution in [3.8, 4) is 5.75 Å². The molecule has 0 unspecified atom stereocenters. The van der Waals surface area contributed by atoms with Gasteiger partial charge >= 0.3 is 0 Å². The molecule has 1 aliphatic rings. The predicted octanol–water partition coefficient (Wildman–Crippen LogP) is 6.35. The highest BCUT2D eigenvalue weighted by molar-refractivity contribution is 9.10. The van der Waals surface area contributed by atoms with Gasteiger partial charge in [-0.3, -0.25) is 13.9 Å². The lowest BCUT2D eigenvalue weighted by Gasteiger charge is -2.34. The molecule has 46 heavy (non-hydrogen) atoms. The third kappa shape index (κ3) is 8.35. The van der Waals surface area contributed by atoms with Crippen molar-refractivity contribution in [1.82, 2.24) is 10.2 Å². The van der Waals surface area contributed by atoms with Crippen LogP contribution in [0.2, 0.25) is 0 Å². The van der Waals surface area contributed by atoms with Crippen molar-refractivity contribution >= 4 is 43.5 Å². The van der Waals surface area contributed by atoms with Gasteiger partial charge in [-0.1, -0.05) is 89.4 Å². The molecule has 0 aromatic heterocycles. The van der Waals surface area contributed by atoms with E-state index in [0.29, 0.717) is 11.4 Å². The van der Waals surface area contributed by atoms with E-state index in [4.69, 9.17) is 4.74 Å². The third-order valence-electron chi connectivity index (χ3n) is 8.18. The molecule has 0 aliphatic heterocycles. The summed E-state index contributed by atoms with van der Waals surface area (Å²) in [5, 5.41) is 3.20. The number of nitrogens with zero attached hydrogens (tertiary/aromatic N) is 2. The van der Waals surface area contributed by atoms with Crippen molar-refractivity contribution in [2.24, 2.45) is 0 Å². The second kappa shape index (κ2) is 15.4. The van der Waals surface area contributed by atoms with E-state index in [0.717, 1.165) is 45.6 Å². The van der Waals surface area contributed by atoms with Gasteiger partial charge in [0.05, 0.1) is 17.7 Å². The molecule has 10 heteroatoms. The summed E-state index contributed by atoms with van der Waals surface area (Å²) in [5.41, 5.74) is 1.97. The molecule has 1 fully saturated rings. The van der Waals surface area contributed by atoms with Crippen LogP contribution in [0.4, 0.5) is 5.69 Å². The van der Waals surface area contributed by atoms with Gasteiger partial charge in [0, 0.05) is 23.5 Å². The van der Waals surface area contributed by atoms with Gasteiger partial charge in [0.15, 0.2) is 0 Å². The van der Waals surface area contributed by atoms with Gasteiger partial charge in [-0.25, -0.2) is 8.42 Å². The fourth-order valence-corrected chi connectivity index (χ4v) is 7.44. The van der Waals surface area contributed by atoms with E-state index >= 15 is 0 Å². The van der Waals surface area contributed by atoms with E-state index in [1.54, 1.807) is 49.6 Å². The molecule has 0 radical (unpaired) electrons. The topological polar surface area (TPSA) is 96.0 Å². The number of methoxy groups -OCH3 is 1. The van der Waals surface area contributed by atoms with Gasteiger partial charge in [-0.15, -0.1) is 0 Å². The Hall–Kier alpha value is -4.15. The minimum Gasteiger partial charge on any atom is -0.497 e. The van der Waals surface area contributed by atoms with Crippen molar-refractivity contribution in [2.75, 3.05) is 18.0 Å². The minimum absolute atomic E-state index is 0.0391. The highest BCUT2D eigenvalue weighted by Crippen LogP contribution is 2.27. The standard InChI is InChI=1S/C36H38BrN3O5S/c1-45-32-16-10-13-28(23-32)25-39(34(24-27-11-4-2-5-12-27)36(42)38-30-14-8-9-15-30)35(41)26-40(31-21-19-29(37)20-22-31)46(43,44)33-17-6-3-7-18-33/h2-7,10-13,16-23,30,34H,8-9,14-15,24-26H2,1H3,(H,38,42)/t34-/m0/s1. The number of halogens is 1. The molecule has 0 saturated heterocycles. The number of benzene rings is 4. The summed E-state index contributed by atoms with van der Waals surface area (Å²) in [6, 6.07) is 30.8. The van der Waals surface area contributed by atoms with Gasteiger partial charge in [0.1, 0.15) is 18.3 Å². The minimum atomic E-state index is -4.15. The van der Waals surface area contributed by atoms with Crippen molar-refractivity contribution in [3.63, 3.8) is 0 Å². The lowest BCUT2D eigenvalue weighted by atomic mass is 10.0. The van der Waals surface area contributed by atoms with Crippen LogP contribution < -0.4 is 14.4 Å². The van der Waals surface area contributed by atoms with Crippen LogP contribution in [0.5, 0.6) is 5.75 Å². The third-order valence-corrected chi connectivity index (χ3v) is 10.5. The van der Waals surface area contributed by atoms with E-state index in [1.807, 2.05) is 54.6 Å². The predicted molar refractivity (Wildman–Crippen MR) is 183 cm³/mol. The molecule has 1 saturated carbocycles. The Morgan fingerprint density at radius 3 is 2.15 bits per heavy atom. The average Bonchev–Trinajstić information content (AvgIpc) is 3.59. The van der Waals surface area contributed by atoms with Crippen molar-refractivity contribution < 1.29 is 22.7 Å². The van der Waals surface area contributed by atoms with Crippen LogP contribution in [0.25, 0.3) is 0 Å². The Morgan fingerprint density at radius 1 is 0.870 bits per heavy atom. The Bertz CT molecular complexity index is 1710. The number of anilines is 1. The van der Waals surface area contributed by atoms with E-state index < -0.39 is 28.5 Å². The molecular weight excluding hydrogens is 666 g/mol. The summed E-state index contributed by atoms with van der Waals surface area (Å²) in [5.74, 6) is -0.149. The first-order valence-electron chi connectivity index (χ1n) is 15.3. The zero-order chi connectivity index (χ0) is 32.5. The van der Waals surface area contributed by atoms with Crippen molar-refractivity contribution in [2.45, 2.75) is 55.6 Å². The number of sulfonamides is 1. The van der Waals surface area contributed by atoms with Crippen LogP contribution in [0.15, 0.2) is 119 Å². The van der Waals surface area contributed by atoms with Crippen LogP contribution in [0, 0.1) is 0 Å². The fraction of sp³-hybridized carbons (Fsp3) is 0.278. The summed E-state index contributed by atoms with van der Waals surface area (Å²) in [7, 11) is -2.58. The van der Waals surface area contributed by atoms with Crippen LogP contribution in [-0.4, -0.2) is 50.9 Å². The molecule has 8 nitrogen and oxygen atoms in total. The summed E-state index contributed by atoms with van der Waals surface area (Å²) in [6.07, 6.45) is 4.12. The first-order chi connectivity index (χ1) is 22.2. The Kier molecular flexibility index (Phi) is 11.1. The fourth-order valence-electron chi connectivity index (χ4n) is 5.74. The number of amides is 2. The lowest BCUT2D eigenvalue weighted by molar-refractivity contribution is -0.140. The molecule has 2 amide bonds. The molecule has 1 aliphatic carbocycles. The summed E-state index contributed by atoms with van der Waals surface area (Å²) < 4.78 is 35.5. The molecule has 1 atom stereocenters. The maximum atomic E-state index is 14.6. The number of carbonyl (C=O) groups is 2. The van der Waals surface area contributed by atoms with E-state index in [9.17, 15) is 18.0 Å².